The molecule has 6 heteroatoms. The Morgan fingerprint density at radius 2 is 1.69 bits per heavy atom. The molecule has 1 unspecified atom stereocenters. The largest absolute Gasteiger partial charge is 0.460 e. The molecule has 1 atom stereocenters. The molecule has 0 aromatic heterocycles. The molecule has 194 valence electrons. The van der Waals surface area contributed by atoms with E-state index in [1.54, 1.807) is 12.1 Å². The van der Waals surface area contributed by atoms with Gasteiger partial charge in [0.2, 0.25) is 12.3 Å². The summed E-state index contributed by atoms with van der Waals surface area (Å²) in [6, 6.07) is 14.8. The fourth-order valence-electron chi connectivity index (χ4n) is 5.33. The van der Waals surface area contributed by atoms with Crippen LogP contribution < -0.4 is 5.32 Å². The minimum Gasteiger partial charge on any atom is -0.460 e. The predicted octanol–water partition coefficient (Wildman–Crippen LogP) is 7.07. The lowest BCUT2D eigenvalue weighted by molar-refractivity contribution is -0.161. The van der Waals surface area contributed by atoms with Crippen molar-refractivity contribution in [2.75, 3.05) is 5.32 Å². The van der Waals surface area contributed by atoms with Crippen LogP contribution in [0.1, 0.15) is 81.9 Å². The first-order valence-electron chi connectivity index (χ1n) is 13.0. The number of rotatable bonds is 9. The van der Waals surface area contributed by atoms with Crippen LogP contribution in [0, 0.1) is 11.3 Å². The van der Waals surface area contributed by atoms with E-state index in [9.17, 15) is 18.4 Å². The number of nitrogens with one attached hydrogen (secondary N) is 1. The summed E-state index contributed by atoms with van der Waals surface area (Å²) in [4.78, 5) is 26.3. The van der Waals surface area contributed by atoms with Crippen molar-refractivity contribution in [1.29, 1.82) is 0 Å². The van der Waals surface area contributed by atoms with Crippen molar-refractivity contribution in [3.8, 4) is 0 Å². The zero-order chi connectivity index (χ0) is 25.9. The van der Waals surface area contributed by atoms with Crippen molar-refractivity contribution >= 4 is 17.6 Å². The number of hydrogen-bond acceptors (Lipinski definition) is 3. The minimum absolute atomic E-state index is 0.0751. The van der Waals surface area contributed by atoms with Gasteiger partial charge in [-0.2, -0.15) is 0 Å². The van der Waals surface area contributed by atoms with E-state index in [-0.39, 0.29) is 30.1 Å². The van der Waals surface area contributed by atoms with E-state index in [2.05, 4.69) is 5.32 Å². The van der Waals surface area contributed by atoms with E-state index in [0.717, 1.165) is 49.7 Å². The Labute approximate surface area is 212 Å². The molecule has 2 aliphatic rings. The monoisotopic (exact) mass is 497 g/mol. The van der Waals surface area contributed by atoms with Crippen LogP contribution in [0.2, 0.25) is 0 Å². The lowest BCUT2D eigenvalue weighted by Crippen LogP contribution is -2.30. The molecule has 0 saturated heterocycles. The van der Waals surface area contributed by atoms with Gasteiger partial charge in [0, 0.05) is 12.1 Å². The highest BCUT2D eigenvalue weighted by Crippen LogP contribution is 2.50. The predicted molar refractivity (Wildman–Crippen MR) is 137 cm³/mol. The molecule has 2 saturated carbocycles. The maximum atomic E-state index is 13.5. The highest BCUT2D eigenvalue weighted by Gasteiger charge is 2.52. The number of carbonyl (C=O) groups is 2. The lowest BCUT2D eigenvalue weighted by Gasteiger charge is -2.24. The lowest BCUT2D eigenvalue weighted by atomic mass is 9.83. The van der Waals surface area contributed by atoms with Gasteiger partial charge in [-0.3, -0.25) is 9.59 Å². The molecule has 4 nitrogen and oxygen atoms in total. The van der Waals surface area contributed by atoms with Crippen molar-refractivity contribution in [1.82, 2.24) is 0 Å². The molecule has 4 rings (SSSR count). The van der Waals surface area contributed by atoms with Gasteiger partial charge in [-0.05, 0) is 87.6 Å². The molecule has 1 N–H and O–H groups in total. The van der Waals surface area contributed by atoms with Crippen molar-refractivity contribution < 1.29 is 23.1 Å². The second kappa shape index (κ2) is 10.7. The summed E-state index contributed by atoms with van der Waals surface area (Å²) in [5.41, 5.74) is 2.15. The maximum Gasteiger partial charge on any atom is 0.312 e. The van der Waals surface area contributed by atoms with Gasteiger partial charge in [0.25, 0.3) is 0 Å². The first kappa shape index (κ1) is 26.3. The molecule has 0 aliphatic heterocycles. The number of hydrogen-bond donors (Lipinski definition) is 1. The SMILES string of the molecule is CC(C)(C)OC(=O)C1(Cc2cccc(NC(=O)C(c3ccc(CC(F)F)cc3)C3CCCC3)c2)CC1. The second-order valence-electron chi connectivity index (χ2n) is 11.5. The molecule has 2 aromatic rings. The number of ether oxygens (including phenoxy) is 1. The van der Waals surface area contributed by atoms with Gasteiger partial charge >= 0.3 is 5.97 Å². The average molecular weight is 498 g/mol. The Hall–Kier alpha value is -2.76. The Morgan fingerprint density at radius 3 is 2.28 bits per heavy atom. The normalized spacial score (nSPS) is 18.2. The van der Waals surface area contributed by atoms with E-state index >= 15 is 0 Å². The maximum absolute atomic E-state index is 13.5. The van der Waals surface area contributed by atoms with Crippen LogP contribution in [0.4, 0.5) is 14.5 Å². The summed E-state index contributed by atoms with van der Waals surface area (Å²) in [7, 11) is 0. The number of halogens is 2. The van der Waals surface area contributed by atoms with Gasteiger partial charge in [0.05, 0.1) is 11.3 Å². The van der Waals surface area contributed by atoms with Gasteiger partial charge in [-0.1, -0.05) is 49.2 Å². The second-order valence-corrected chi connectivity index (χ2v) is 11.5. The fourth-order valence-corrected chi connectivity index (χ4v) is 5.33. The first-order chi connectivity index (χ1) is 17.0. The van der Waals surface area contributed by atoms with Crippen molar-refractivity contribution in [3.63, 3.8) is 0 Å². The Morgan fingerprint density at radius 1 is 1.03 bits per heavy atom. The van der Waals surface area contributed by atoms with E-state index in [0.29, 0.717) is 17.7 Å². The average Bonchev–Trinajstić information content (AvgIpc) is 3.38. The van der Waals surface area contributed by atoms with Crippen LogP contribution in [0.25, 0.3) is 0 Å². The smallest absolute Gasteiger partial charge is 0.312 e. The summed E-state index contributed by atoms with van der Waals surface area (Å²) >= 11 is 0. The summed E-state index contributed by atoms with van der Waals surface area (Å²) < 4.78 is 31.2. The minimum atomic E-state index is -2.39. The fraction of sp³-hybridized carbons (Fsp3) is 0.533. The van der Waals surface area contributed by atoms with Crippen LogP contribution in [-0.2, 0) is 27.2 Å². The molecule has 0 radical (unpaired) electrons. The molecule has 2 fully saturated rings. The summed E-state index contributed by atoms with van der Waals surface area (Å²) in [6.07, 6.45) is 3.70. The summed E-state index contributed by atoms with van der Waals surface area (Å²) in [6.45, 7) is 5.64. The Bertz CT molecular complexity index is 1060. The molecule has 0 bridgehead atoms. The Kier molecular flexibility index (Phi) is 7.82. The van der Waals surface area contributed by atoms with Crippen molar-refractivity contribution in [2.45, 2.75) is 90.1 Å². The number of amides is 1. The molecule has 36 heavy (non-hydrogen) atoms. The van der Waals surface area contributed by atoms with E-state index in [1.165, 1.54) is 0 Å². The number of alkyl halides is 2. The van der Waals surface area contributed by atoms with Crippen LogP contribution in [-0.4, -0.2) is 23.9 Å². The first-order valence-corrected chi connectivity index (χ1v) is 13.0. The third kappa shape index (κ3) is 6.71. The highest BCUT2D eigenvalue weighted by atomic mass is 19.3. The van der Waals surface area contributed by atoms with Crippen LogP contribution in [0.15, 0.2) is 48.5 Å². The topological polar surface area (TPSA) is 55.4 Å². The molecule has 1 amide bonds. The standard InChI is InChI=1S/C30H37F2NO3/c1-29(2,3)36-28(35)30(15-16-30)19-21-7-6-10-24(17-21)33-27(34)26(22-8-4-5-9-22)23-13-11-20(12-14-23)18-25(31)32/h6-7,10-14,17,22,25-26H,4-5,8-9,15-16,18-19H2,1-3H3,(H,33,34). The summed E-state index contributed by atoms with van der Waals surface area (Å²) in [5, 5.41) is 3.10. The number of benzene rings is 2. The molecule has 2 aromatic carbocycles. The van der Waals surface area contributed by atoms with Gasteiger partial charge in [-0.15, -0.1) is 0 Å². The molecular weight excluding hydrogens is 460 g/mol. The van der Waals surface area contributed by atoms with E-state index in [4.69, 9.17) is 4.74 Å². The van der Waals surface area contributed by atoms with Crippen LogP contribution >= 0.6 is 0 Å². The zero-order valence-corrected chi connectivity index (χ0v) is 21.5. The van der Waals surface area contributed by atoms with Gasteiger partial charge in [0.15, 0.2) is 0 Å². The van der Waals surface area contributed by atoms with Crippen LogP contribution in [0.5, 0.6) is 0 Å². The van der Waals surface area contributed by atoms with Gasteiger partial charge in [0.1, 0.15) is 5.60 Å². The summed E-state index contributed by atoms with van der Waals surface area (Å²) in [5.74, 6) is -0.320. The number of esters is 1. The molecular formula is C30H37F2NO3. The quantitative estimate of drug-likeness (QED) is 0.377. The molecule has 0 heterocycles. The highest BCUT2D eigenvalue weighted by molar-refractivity contribution is 5.96. The zero-order valence-electron chi connectivity index (χ0n) is 21.5. The van der Waals surface area contributed by atoms with Gasteiger partial charge in [-0.25, -0.2) is 8.78 Å². The number of carbonyl (C=O) groups excluding carboxylic acids is 2. The van der Waals surface area contributed by atoms with Gasteiger partial charge < -0.3 is 10.1 Å². The van der Waals surface area contributed by atoms with E-state index < -0.39 is 17.4 Å². The van der Waals surface area contributed by atoms with Crippen LogP contribution in [0.3, 0.4) is 0 Å². The molecule has 2 aliphatic carbocycles. The van der Waals surface area contributed by atoms with Crippen molar-refractivity contribution in [2.24, 2.45) is 11.3 Å². The molecule has 0 spiro atoms. The third-order valence-electron chi connectivity index (χ3n) is 7.31. The Balaban J connectivity index is 1.48. The van der Waals surface area contributed by atoms with E-state index in [1.807, 2.05) is 57.2 Å². The van der Waals surface area contributed by atoms with Crippen molar-refractivity contribution in [3.05, 3.63) is 65.2 Å². The number of anilines is 1. The third-order valence-corrected chi connectivity index (χ3v) is 7.31.